The van der Waals surface area contributed by atoms with Crippen LogP contribution in [0.3, 0.4) is 0 Å². The fraction of sp³-hybridized carbons (Fsp3) is 0.481. The number of nitrogens with one attached hydrogen (secondary N) is 1. The summed E-state index contributed by atoms with van der Waals surface area (Å²) in [6, 6.07) is 11.7. The van der Waals surface area contributed by atoms with E-state index in [0.717, 1.165) is 22.5 Å². The molecule has 204 valence electrons. The predicted octanol–water partition coefficient (Wildman–Crippen LogP) is 4.10. The molecule has 10 heteroatoms. The molecule has 2 aromatic rings. The summed E-state index contributed by atoms with van der Waals surface area (Å²) in [6.07, 6.45) is 2.53. The molecular formula is C27H38FN3O5S. The smallest absolute Gasteiger partial charge is 0.243 e. The SMILES string of the molecule is CCC(C)NC(=O)C(CC)N(Cc1ccc(OC)cc1)C(=O)CCCN(c1ccc(F)cc1)S(C)(=O)=O. The molecule has 2 unspecified atom stereocenters. The Kier molecular flexibility index (Phi) is 11.4. The fourth-order valence-electron chi connectivity index (χ4n) is 3.90. The van der Waals surface area contributed by atoms with Crippen molar-refractivity contribution in [1.82, 2.24) is 10.2 Å². The topological polar surface area (TPSA) is 96.0 Å². The number of amides is 2. The van der Waals surface area contributed by atoms with Crippen LogP contribution >= 0.6 is 0 Å². The van der Waals surface area contributed by atoms with Gasteiger partial charge in [-0.05, 0) is 68.1 Å². The number of rotatable bonds is 14. The van der Waals surface area contributed by atoms with Crippen molar-refractivity contribution in [3.8, 4) is 5.75 Å². The molecule has 0 fully saturated rings. The third-order valence-corrected chi connectivity index (χ3v) is 7.36. The second-order valence-corrected chi connectivity index (χ2v) is 10.9. The van der Waals surface area contributed by atoms with Crippen molar-refractivity contribution < 1.29 is 27.1 Å². The highest BCUT2D eigenvalue weighted by atomic mass is 32.2. The molecule has 1 N–H and O–H groups in total. The average molecular weight is 536 g/mol. The van der Waals surface area contributed by atoms with E-state index in [0.29, 0.717) is 17.9 Å². The van der Waals surface area contributed by atoms with Gasteiger partial charge in [0, 0.05) is 25.6 Å². The number of nitrogens with zero attached hydrogens (tertiary/aromatic N) is 2. The first-order chi connectivity index (χ1) is 17.5. The molecule has 0 bridgehead atoms. The Morgan fingerprint density at radius 1 is 1.03 bits per heavy atom. The minimum atomic E-state index is -3.65. The van der Waals surface area contributed by atoms with Gasteiger partial charge in [0.25, 0.3) is 0 Å². The molecule has 37 heavy (non-hydrogen) atoms. The predicted molar refractivity (Wildman–Crippen MR) is 143 cm³/mol. The van der Waals surface area contributed by atoms with Gasteiger partial charge in [0.1, 0.15) is 17.6 Å². The largest absolute Gasteiger partial charge is 0.497 e. The van der Waals surface area contributed by atoms with Crippen LogP contribution in [0, 0.1) is 5.82 Å². The number of carbonyl (C=O) groups excluding carboxylic acids is 2. The molecule has 0 aliphatic carbocycles. The maximum Gasteiger partial charge on any atom is 0.243 e. The molecule has 0 aliphatic heterocycles. The first-order valence-corrected chi connectivity index (χ1v) is 14.3. The monoisotopic (exact) mass is 535 g/mol. The highest BCUT2D eigenvalue weighted by Gasteiger charge is 2.29. The zero-order valence-electron chi connectivity index (χ0n) is 22.2. The number of methoxy groups -OCH3 is 1. The van der Waals surface area contributed by atoms with E-state index in [9.17, 15) is 22.4 Å². The summed E-state index contributed by atoms with van der Waals surface area (Å²) in [7, 11) is -2.07. The standard InChI is InChI=1S/C27H38FN3O5S/c1-6-20(3)29-27(33)25(7-2)30(19-21-10-16-24(36-4)17-11-21)26(32)9-8-18-31(37(5,34)35)23-14-12-22(28)13-15-23/h10-17,20,25H,6-9,18-19H2,1-5H3,(H,29,33). The number of hydrogen-bond donors (Lipinski definition) is 1. The van der Waals surface area contributed by atoms with Gasteiger partial charge in [0.15, 0.2) is 0 Å². The van der Waals surface area contributed by atoms with Crippen LogP contribution in [0.15, 0.2) is 48.5 Å². The maximum absolute atomic E-state index is 13.4. The van der Waals surface area contributed by atoms with Crippen LogP contribution in [-0.4, -0.2) is 57.1 Å². The molecule has 0 aromatic heterocycles. The van der Waals surface area contributed by atoms with Crippen LogP contribution in [0.5, 0.6) is 5.75 Å². The number of ether oxygens (including phenoxy) is 1. The fourth-order valence-corrected chi connectivity index (χ4v) is 4.86. The first-order valence-electron chi connectivity index (χ1n) is 12.5. The van der Waals surface area contributed by atoms with Gasteiger partial charge in [-0.1, -0.05) is 26.0 Å². The van der Waals surface area contributed by atoms with Crippen molar-refractivity contribution in [3.05, 3.63) is 59.9 Å². The summed E-state index contributed by atoms with van der Waals surface area (Å²) in [6.45, 7) is 6.01. The Balaban J connectivity index is 2.22. The van der Waals surface area contributed by atoms with Crippen LogP contribution in [0.4, 0.5) is 10.1 Å². The van der Waals surface area contributed by atoms with Crippen molar-refractivity contribution in [3.63, 3.8) is 0 Å². The summed E-state index contributed by atoms with van der Waals surface area (Å²) in [5.74, 6) is -0.259. The highest BCUT2D eigenvalue weighted by Crippen LogP contribution is 2.21. The lowest BCUT2D eigenvalue weighted by Gasteiger charge is -2.32. The summed E-state index contributed by atoms with van der Waals surface area (Å²) in [5, 5.41) is 2.97. The van der Waals surface area contributed by atoms with Crippen molar-refractivity contribution in [2.75, 3.05) is 24.2 Å². The van der Waals surface area contributed by atoms with E-state index in [1.165, 1.54) is 24.3 Å². The van der Waals surface area contributed by atoms with Crippen molar-refractivity contribution in [2.24, 2.45) is 0 Å². The van der Waals surface area contributed by atoms with Gasteiger partial charge in [-0.25, -0.2) is 12.8 Å². The van der Waals surface area contributed by atoms with Crippen LogP contribution in [0.25, 0.3) is 0 Å². The zero-order valence-corrected chi connectivity index (χ0v) is 23.1. The summed E-state index contributed by atoms with van der Waals surface area (Å²) in [4.78, 5) is 28.1. The Labute approximate surface area is 219 Å². The molecule has 0 heterocycles. The average Bonchev–Trinajstić information content (AvgIpc) is 2.86. The molecule has 0 saturated carbocycles. The van der Waals surface area contributed by atoms with Crippen LogP contribution < -0.4 is 14.4 Å². The minimum Gasteiger partial charge on any atom is -0.497 e. The third kappa shape index (κ3) is 9.03. The molecule has 2 aromatic carbocycles. The Morgan fingerprint density at radius 3 is 2.16 bits per heavy atom. The lowest BCUT2D eigenvalue weighted by Crippen LogP contribution is -2.50. The molecule has 0 aliphatic rings. The van der Waals surface area contributed by atoms with Crippen molar-refractivity contribution in [2.45, 2.75) is 65.1 Å². The quantitative estimate of drug-likeness (QED) is 0.393. The van der Waals surface area contributed by atoms with Crippen LogP contribution in [0.1, 0.15) is 52.0 Å². The third-order valence-electron chi connectivity index (χ3n) is 6.17. The molecule has 0 saturated heterocycles. The number of anilines is 1. The molecular weight excluding hydrogens is 497 g/mol. The van der Waals surface area contributed by atoms with E-state index < -0.39 is 21.9 Å². The minimum absolute atomic E-state index is 0.0292. The number of hydrogen-bond acceptors (Lipinski definition) is 5. The Hall–Kier alpha value is -3.14. The van der Waals surface area contributed by atoms with Crippen LogP contribution in [-0.2, 0) is 26.2 Å². The molecule has 2 atom stereocenters. The Bertz CT molecular complexity index is 1120. The van der Waals surface area contributed by atoms with Gasteiger partial charge in [-0.15, -0.1) is 0 Å². The Morgan fingerprint density at radius 2 is 1.65 bits per heavy atom. The van der Waals surface area contributed by atoms with Gasteiger partial charge in [0.2, 0.25) is 21.8 Å². The number of halogens is 1. The normalized spacial score (nSPS) is 12.9. The van der Waals surface area contributed by atoms with E-state index in [-0.39, 0.29) is 43.8 Å². The lowest BCUT2D eigenvalue weighted by atomic mass is 10.1. The summed E-state index contributed by atoms with van der Waals surface area (Å²) < 4.78 is 44.4. The van der Waals surface area contributed by atoms with Crippen molar-refractivity contribution in [1.29, 1.82) is 0 Å². The van der Waals surface area contributed by atoms with Crippen molar-refractivity contribution >= 4 is 27.5 Å². The van der Waals surface area contributed by atoms with E-state index in [1.807, 2.05) is 32.9 Å². The van der Waals surface area contributed by atoms with E-state index in [4.69, 9.17) is 4.74 Å². The maximum atomic E-state index is 13.4. The highest BCUT2D eigenvalue weighted by molar-refractivity contribution is 7.92. The molecule has 2 rings (SSSR count). The number of sulfonamides is 1. The first kappa shape index (κ1) is 30.1. The number of carbonyl (C=O) groups is 2. The molecule has 0 radical (unpaired) electrons. The van der Waals surface area contributed by atoms with Gasteiger partial charge < -0.3 is 15.0 Å². The zero-order chi connectivity index (χ0) is 27.6. The van der Waals surface area contributed by atoms with E-state index in [2.05, 4.69) is 5.32 Å². The van der Waals surface area contributed by atoms with Gasteiger partial charge in [-0.3, -0.25) is 13.9 Å². The lowest BCUT2D eigenvalue weighted by molar-refractivity contribution is -0.141. The van der Waals surface area contributed by atoms with E-state index >= 15 is 0 Å². The van der Waals surface area contributed by atoms with E-state index in [1.54, 1.807) is 24.1 Å². The van der Waals surface area contributed by atoms with Gasteiger partial charge >= 0.3 is 0 Å². The van der Waals surface area contributed by atoms with Gasteiger partial charge in [0.05, 0.1) is 19.1 Å². The molecule has 8 nitrogen and oxygen atoms in total. The van der Waals surface area contributed by atoms with Crippen LogP contribution in [0.2, 0.25) is 0 Å². The number of benzene rings is 2. The second kappa shape index (κ2) is 14.0. The van der Waals surface area contributed by atoms with Gasteiger partial charge in [-0.2, -0.15) is 0 Å². The summed E-state index contributed by atoms with van der Waals surface area (Å²) in [5.41, 5.74) is 1.17. The second-order valence-electron chi connectivity index (χ2n) is 9.03. The summed E-state index contributed by atoms with van der Waals surface area (Å²) >= 11 is 0. The molecule has 2 amide bonds. The molecule has 0 spiro atoms.